The zero-order valence-corrected chi connectivity index (χ0v) is 17.6. The molecule has 160 valence electrons. The van der Waals surface area contributed by atoms with Gasteiger partial charge >= 0.3 is 11.8 Å². The maximum Gasteiger partial charge on any atom is 0.313 e. The Morgan fingerprint density at radius 1 is 0.967 bits per heavy atom. The minimum atomic E-state index is -3.47. The molecule has 9 heteroatoms. The maximum absolute atomic E-state index is 12.5. The van der Waals surface area contributed by atoms with E-state index in [0.29, 0.717) is 36.7 Å². The highest BCUT2D eigenvalue weighted by Crippen LogP contribution is 2.21. The van der Waals surface area contributed by atoms with Gasteiger partial charge in [-0.05, 0) is 61.7 Å². The molecule has 0 aromatic heterocycles. The summed E-state index contributed by atoms with van der Waals surface area (Å²) in [6.07, 6.45) is 1.75. The van der Waals surface area contributed by atoms with Crippen molar-refractivity contribution in [3.63, 3.8) is 0 Å². The first-order valence-electron chi connectivity index (χ1n) is 9.81. The Kier molecular flexibility index (Phi) is 7.07. The minimum Gasteiger partial charge on any atom is -0.494 e. The van der Waals surface area contributed by atoms with Gasteiger partial charge in [0.15, 0.2) is 0 Å². The van der Waals surface area contributed by atoms with Crippen molar-refractivity contribution in [1.82, 2.24) is 9.62 Å². The topological polar surface area (TPSA) is 105 Å². The lowest BCUT2D eigenvalue weighted by Gasteiger charge is -2.15. The number of nitrogens with one attached hydrogen (secondary N) is 2. The lowest BCUT2D eigenvalue weighted by molar-refractivity contribution is -0.136. The van der Waals surface area contributed by atoms with Crippen LogP contribution in [-0.4, -0.2) is 44.2 Å². The Labute approximate surface area is 176 Å². The van der Waals surface area contributed by atoms with E-state index >= 15 is 0 Å². The van der Waals surface area contributed by atoms with Gasteiger partial charge in [-0.25, -0.2) is 8.42 Å². The molecule has 2 amide bonds. The van der Waals surface area contributed by atoms with Crippen molar-refractivity contribution in [1.29, 1.82) is 0 Å². The minimum absolute atomic E-state index is 0.111. The summed E-state index contributed by atoms with van der Waals surface area (Å²) in [6.45, 7) is 3.62. The summed E-state index contributed by atoms with van der Waals surface area (Å²) in [4.78, 5) is 24.3. The molecule has 2 aromatic carbocycles. The van der Waals surface area contributed by atoms with Gasteiger partial charge in [-0.2, -0.15) is 4.31 Å². The average molecular weight is 432 g/mol. The number of sulfonamides is 1. The molecule has 1 aliphatic heterocycles. The molecule has 2 N–H and O–H groups in total. The van der Waals surface area contributed by atoms with E-state index in [-0.39, 0.29) is 11.4 Å². The highest BCUT2D eigenvalue weighted by molar-refractivity contribution is 7.89. The van der Waals surface area contributed by atoms with Gasteiger partial charge in [-0.3, -0.25) is 9.59 Å². The fourth-order valence-corrected chi connectivity index (χ4v) is 4.63. The SMILES string of the molecule is CCOc1ccc(NC(=O)C(=O)NCc2ccc(S(=O)(=O)N3CCCC3)cc2)cc1. The van der Waals surface area contributed by atoms with Crippen LogP contribution in [0.1, 0.15) is 25.3 Å². The van der Waals surface area contributed by atoms with Crippen molar-refractivity contribution in [2.45, 2.75) is 31.2 Å². The normalized spacial score (nSPS) is 14.3. The molecular formula is C21H25N3O5S. The largest absolute Gasteiger partial charge is 0.494 e. The molecule has 0 aliphatic carbocycles. The third-order valence-electron chi connectivity index (χ3n) is 4.71. The Morgan fingerprint density at radius 3 is 2.20 bits per heavy atom. The van der Waals surface area contributed by atoms with Crippen LogP contribution in [0, 0.1) is 0 Å². The molecule has 0 spiro atoms. The molecule has 1 saturated heterocycles. The molecule has 1 fully saturated rings. The van der Waals surface area contributed by atoms with Crippen LogP contribution in [-0.2, 0) is 26.2 Å². The van der Waals surface area contributed by atoms with Gasteiger partial charge in [0.1, 0.15) is 5.75 Å². The number of anilines is 1. The predicted molar refractivity (Wildman–Crippen MR) is 113 cm³/mol. The van der Waals surface area contributed by atoms with Crippen LogP contribution in [0.4, 0.5) is 5.69 Å². The second-order valence-corrected chi connectivity index (χ2v) is 8.79. The van der Waals surface area contributed by atoms with Crippen molar-refractivity contribution in [3.8, 4) is 5.75 Å². The van der Waals surface area contributed by atoms with Crippen molar-refractivity contribution < 1.29 is 22.7 Å². The van der Waals surface area contributed by atoms with E-state index in [1.807, 2.05) is 6.92 Å². The Balaban J connectivity index is 1.52. The Hall–Kier alpha value is -2.91. The first kappa shape index (κ1) is 21.8. The molecule has 0 unspecified atom stereocenters. The van der Waals surface area contributed by atoms with Gasteiger partial charge in [-0.1, -0.05) is 12.1 Å². The third-order valence-corrected chi connectivity index (χ3v) is 6.62. The van der Waals surface area contributed by atoms with Crippen LogP contribution in [0.3, 0.4) is 0 Å². The zero-order valence-electron chi connectivity index (χ0n) is 16.8. The fraction of sp³-hybridized carbons (Fsp3) is 0.333. The number of benzene rings is 2. The molecule has 1 heterocycles. The number of amides is 2. The van der Waals surface area contributed by atoms with Crippen LogP contribution < -0.4 is 15.4 Å². The van der Waals surface area contributed by atoms with E-state index in [0.717, 1.165) is 12.8 Å². The van der Waals surface area contributed by atoms with E-state index in [1.54, 1.807) is 36.4 Å². The molecule has 8 nitrogen and oxygen atoms in total. The summed E-state index contributed by atoms with van der Waals surface area (Å²) in [7, 11) is -3.47. The summed E-state index contributed by atoms with van der Waals surface area (Å²) < 4.78 is 31.9. The molecule has 0 atom stereocenters. The number of hydrogen-bond donors (Lipinski definition) is 2. The molecule has 0 bridgehead atoms. The summed E-state index contributed by atoms with van der Waals surface area (Å²) in [5, 5.41) is 5.04. The van der Waals surface area contributed by atoms with Crippen molar-refractivity contribution >= 4 is 27.5 Å². The predicted octanol–water partition coefficient (Wildman–Crippen LogP) is 2.12. The van der Waals surface area contributed by atoms with Crippen molar-refractivity contribution in [2.24, 2.45) is 0 Å². The number of rotatable bonds is 7. The first-order chi connectivity index (χ1) is 14.4. The van der Waals surface area contributed by atoms with E-state index in [9.17, 15) is 18.0 Å². The first-order valence-corrected chi connectivity index (χ1v) is 11.3. The molecule has 30 heavy (non-hydrogen) atoms. The van der Waals surface area contributed by atoms with Crippen molar-refractivity contribution in [3.05, 3.63) is 54.1 Å². The van der Waals surface area contributed by atoms with Gasteiger partial charge in [-0.15, -0.1) is 0 Å². The van der Waals surface area contributed by atoms with Gasteiger partial charge < -0.3 is 15.4 Å². The lowest BCUT2D eigenvalue weighted by Crippen LogP contribution is -2.35. The van der Waals surface area contributed by atoms with Crippen LogP contribution in [0.25, 0.3) is 0 Å². The monoisotopic (exact) mass is 431 g/mol. The van der Waals surface area contributed by atoms with Gasteiger partial charge in [0.2, 0.25) is 10.0 Å². The van der Waals surface area contributed by atoms with Crippen LogP contribution in [0.15, 0.2) is 53.4 Å². The molecule has 2 aromatic rings. The number of carbonyl (C=O) groups is 2. The summed E-state index contributed by atoms with van der Waals surface area (Å²) in [6, 6.07) is 13.0. The molecule has 1 aliphatic rings. The summed E-state index contributed by atoms with van der Waals surface area (Å²) >= 11 is 0. The van der Waals surface area contributed by atoms with Crippen LogP contribution in [0.2, 0.25) is 0 Å². The van der Waals surface area contributed by atoms with E-state index < -0.39 is 21.8 Å². The number of hydrogen-bond acceptors (Lipinski definition) is 5. The van der Waals surface area contributed by atoms with Gasteiger partial charge in [0.25, 0.3) is 0 Å². The summed E-state index contributed by atoms with van der Waals surface area (Å²) in [5.74, 6) is -0.889. The quantitative estimate of drug-likeness (QED) is 0.654. The fourth-order valence-electron chi connectivity index (χ4n) is 3.11. The highest BCUT2D eigenvalue weighted by Gasteiger charge is 2.26. The van der Waals surface area contributed by atoms with E-state index in [1.165, 1.54) is 16.4 Å². The molecular weight excluding hydrogens is 406 g/mol. The molecule has 3 rings (SSSR count). The lowest BCUT2D eigenvalue weighted by atomic mass is 10.2. The zero-order chi connectivity index (χ0) is 21.6. The number of carbonyl (C=O) groups excluding carboxylic acids is 2. The summed E-state index contributed by atoms with van der Waals surface area (Å²) in [5.41, 5.74) is 1.17. The smallest absolute Gasteiger partial charge is 0.313 e. The van der Waals surface area contributed by atoms with Crippen LogP contribution in [0.5, 0.6) is 5.75 Å². The standard InChI is InChI=1S/C21H25N3O5S/c1-2-29-18-9-7-17(8-10-18)23-21(26)20(25)22-15-16-5-11-19(12-6-16)30(27,28)24-13-3-4-14-24/h5-12H,2-4,13-15H2,1H3,(H,22,25)(H,23,26). The van der Waals surface area contributed by atoms with Crippen molar-refractivity contribution in [2.75, 3.05) is 25.0 Å². The van der Waals surface area contributed by atoms with Crippen LogP contribution >= 0.6 is 0 Å². The molecule has 0 radical (unpaired) electrons. The molecule has 0 saturated carbocycles. The van der Waals surface area contributed by atoms with E-state index in [2.05, 4.69) is 10.6 Å². The Morgan fingerprint density at radius 2 is 1.60 bits per heavy atom. The highest BCUT2D eigenvalue weighted by atomic mass is 32.2. The number of nitrogens with zero attached hydrogens (tertiary/aromatic N) is 1. The van der Waals surface area contributed by atoms with Gasteiger partial charge in [0, 0.05) is 25.3 Å². The second-order valence-electron chi connectivity index (χ2n) is 6.85. The maximum atomic E-state index is 12.5. The third kappa shape index (κ3) is 5.37. The van der Waals surface area contributed by atoms with Gasteiger partial charge in [0.05, 0.1) is 11.5 Å². The van der Waals surface area contributed by atoms with E-state index in [4.69, 9.17) is 4.74 Å². The Bertz CT molecular complexity index is 982. The second kappa shape index (κ2) is 9.73. The average Bonchev–Trinajstić information content (AvgIpc) is 3.30. The number of ether oxygens (including phenoxy) is 1.